The van der Waals surface area contributed by atoms with Gasteiger partial charge >= 0.3 is 0 Å². The first-order valence-corrected chi connectivity index (χ1v) is 15.3. The first kappa shape index (κ1) is 24.3. The van der Waals surface area contributed by atoms with Gasteiger partial charge < -0.3 is 4.57 Å². The zero-order valence-electron chi connectivity index (χ0n) is 24.3. The molecule has 10 aromatic rings. The van der Waals surface area contributed by atoms with E-state index in [2.05, 4.69) is 171 Å². The Morgan fingerprint density at radius 1 is 0.311 bits per heavy atom. The molecule has 0 atom stereocenters. The maximum absolute atomic E-state index is 5.38. The van der Waals surface area contributed by atoms with Crippen LogP contribution in [0.25, 0.3) is 82.7 Å². The van der Waals surface area contributed by atoms with Crippen LogP contribution >= 0.6 is 0 Å². The van der Waals surface area contributed by atoms with E-state index in [9.17, 15) is 0 Å². The highest BCUT2D eigenvalue weighted by atomic mass is 15.1. The molecule has 210 valence electrons. The van der Waals surface area contributed by atoms with E-state index in [1.165, 1.54) is 43.4 Å². The van der Waals surface area contributed by atoms with Crippen molar-refractivity contribution in [2.24, 2.45) is 0 Å². The molecule has 0 saturated heterocycles. The number of nitrogens with zero attached hydrogens (tertiary/aromatic N) is 4. The predicted molar refractivity (Wildman–Crippen MR) is 187 cm³/mol. The van der Waals surface area contributed by atoms with Crippen LogP contribution in [0.4, 0.5) is 0 Å². The molecule has 0 radical (unpaired) electrons. The maximum Gasteiger partial charge on any atom is 0.140 e. The molecule has 4 heterocycles. The molecule has 0 fully saturated rings. The van der Waals surface area contributed by atoms with Gasteiger partial charge in [0, 0.05) is 38.0 Å². The van der Waals surface area contributed by atoms with Crippen molar-refractivity contribution in [3.63, 3.8) is 0 Å². The quantitative estimate of drug-likeness (QED) is 0.206. The van der Waals surface area contributed by atoms with Crippen LogP contribution in [0, 0.1) is 0 Å². The van der Waals surface area contributed by atoms with Crippen molar-refractivity contribution >= 4 is 65.4 Å². The third-order valence-corrected chi connectivity index (χ3v) is 9.24. The molecule has 0 saturated carbocycles. The average Bonchev–Trinajstić information content (AvgIpc) is 3.74. The first-order chi connectivity index (χ1) is 22.4. The molecular formula is C41H26N4. The summed E-state index contributed by atoms with van der Waals surface area (Å²) in [7, 11) is 0. The highest BCUT2D eigenvalue weighted by Gasteiger charge is 2.21. The van der Waals surface area contributed by atoms with Crippen molar-refractivity contribution in [1.29, 1.82) is 0 Å². The van der Waals surface area contributed by atoms with Crippen molar-refractivity contribution in [3.05, 3.63) is 158 Å². The molecule has 4 aromatic heterocycles. The van der Waals surface area contributed by atoms with Crippen LogP contribution in [0.15, 0.2) is 158 Å². The Balaban J connectivity index is 1.32. The van der Waals surface area contributed by atoms with Gasteiger partial charge in [-0.3, -0.25) is 9.13 Å². The van der Waals surface area contributed by atoms with Crippen LogP contribution in [-0.2, 0) is 0 Å². The Morgan fingerprint density at radius 2 is 0.778 bits per heavy atom. The molecule has 45 heavy (non-hydrogen) atoms. The van der Waals surface area contributed by atoms with Crippen LogP contribution in [0.5, 0.6) is 0 Å². The summed E-state index contributed by atoms with van der Waals surface area (Å²) in [6.07, 6.45) is 0. The first-order valence-electron chi connectivity index (χ1n) is 15.3. The molecule has 0 bridgehead atoms. The molecule has 0 unspecified atom stereocenters. The highest BCUT2D eigenvalue weighted by Crippen LogP contribution is 2.42. The summed E-state index contributed by atoms with van der Waals surface area (Å²) in [6, 6.07) is 56.2. The lowest BCUT2D eigenvalue weighted by Gasteiger charge is -2.12. The second-order valence-electron chi connectivity index (χ2n) is 11.6. The van der Waals surface area contributed by atoms with Crippen molar-refractivity contribution in [2.75, 3.05) is 0 Å². The molecule has 0 N–H and O–H groups in total. The fourth-order valence-corrected chi connectivity index (χ4v) is 7.43. The zero-order chi connectivity index (χ0) is 29.5. The number of benzene rings is 6. The van der Waals surface area contributed by atoms with Crippen molar-refractivity contribution in [3.8, 4) is 17.3 Å². The van der Waals surface area contributed by atoms with Gasteiger partial charge in [-0.1, -0.05) is 103 Å². The number of hydrogen-bond donors (Lipinski definition) is 0. The van der Waals surface area contributed by atoms with E-state index in [1.807, 2.05) is 0 Å². The van der Waals surface area contributed by atoms with Gasteiger partial charge in [-0.2, -0.15) is 0 Å². The van der Waals surface area contributed by atoms with Gasteiger partial charge in [-0.15, -0.1) is 0 Å². The summed E-state index contributed by atoms with van der Waals surface area (Å²) in [4.78, 5) is 5.38. The van der Waals surface area contributed by atoms with Crippen molar-refractivity contribution in [1.82, 2.24) is 18.7 Å². The molecule has 4 heteroatoms. The Bertz CT molecular complexity index is 2710. The van der Waals surface area contributed by atoms with Gasteiger partial charge in [0.05, 0.1) is 33.1 Å². The van der Waals surface area contributed by atoms with E-state index >= 15 is 0 Å². The zero-order valence-corrected chi connectivity index (χ0v) is 24.3. The van der Waals surface area contributed by atoms with Gasteiger partial charge in [0.25, 0.3) is 0 Å². The molecule has 0 aliphatic carbocycles. The maximum atomic E-state index is 5.38. The number of rotatable bonds is 3. The lowest BCUT2D eigenvalue weighted by atomic mass is 10.1. The summed E-state index contributed by atoms with van der Waals surface area (Å²) in [5.74, 6) is 1.79. The minimum Gasteiger partial charge on any atom is -0.309 e. The summed E-state index contributed by atoms with van der Waals surface area (Å²) >= 11 is 0. The van der Waals surface area contributed by atoms with Crippen LogP contribution in [-0.4, -0.2) is 18.7 Å². The Morgan fingerprint density at radius 3 is 1.40 bits per heavy atom. The second kappa shape index (κ2) is 9.18. The van der Waals surface area contributed by atoms with E-state index in [-0.39, 0.29) is 0 Å². The lowest BCUT2D eigenvalue weighted by molar-refractivity contribution is 1.01. The Hall–Kier alpha value is -6.13. The second-order valence-corrected chi connectivity index (χ2v) is 11.6. The number of pyridine rings is 1. The Labute approximate surface area is 258 Å². The molecular weight excluding hydrogens is 548 g/mol. The summed E-state index contributed by atoms with van der Waals surface area (Å²) in [6.45, 7) is 0. The lowest BCUT2D eigenvalue weighted by Crippen LogP contribution is -2.03. The highest BCUT2D eigenvalue weighted by molar-refractivity contribution is 6.26. The molecule has 0 spiro atoms. The van der Waals surface area contributed by atoms with E-state index < -0.39 is 0 Å². The fraction of sp³-hybridized carbons (Fsp3) is 0. The van der Waals surface area contributed by atoms with E-state index in [1.54, 1.807) is 0 Å². The molecule has 0 amide bonds. The smallest absolute Gasteiger partial charge is 0.140 e. The van der Waals surface area contributed by atoms with Gasteiger partial charge in [-0.25, -0.2) is 4.98 Å². The van der Waals surface area contributed by atoms with Gasteiger partial charge in [0.2, 0.25) is 0 Å². The molecule has 0 aliphatic rings. The minimum atomic E-state index is 0.891. The van der Waals surface area contributed by atoms with Crippen LogP contribution in [0.2, 0.25) is 0 Å². The third-order valence-electron chi connectivity index (χ3n) is 9.24. The van der Waals surface area contributed by atoms with Crippen LogP contribution < -0.4 is 0 Å². The SMILES string of the molecule is c1ccc(-n2c3ccccc3c3ccc4c(c5ccccc5n4-c4cccc(-n5c6ccccc6c6ccccc65)n4)c32)cc1. The third kappa shape index (κ3) is 3.34. The van der Waals surface area contributed by atoms with Crippen molar-refractivity contribution < 1.29 is 0 Å². The van der Waals surface area contributed by atoms with Crippen molar-refractivity contribution in [2.45, 2.75) is 0 Å². The number of aromatic nitrogens is 4. The largest absolute Gasteiger partial charge is 0.309 e. The predicted octanol–water partition coefficient (Wildman–Crippen LogP) is 10.4. The topological polar surface area (TPSA) is 27.7 Å². The van der Waals surface area contributed by atoms with Gasteiger partial charge in [0.1, 0.15) is 11.6 Å². The summed E-state index contributed by atoms with van der Waals surface area (Å²) in [5, 5.41) is 7.40. The van der Waals surface area contributed by atoms with E-state index in [4.69, 9.17) is 4.98 Å². The average molecular weight is 575 g/mol. The summed E-state index contributed by atoms with van der Waals surface area (Å²) < 4.78 is 7.04. The molecule has 4 nitrogen and oxygen atoms in total. The molecule has 10 rings (SSSR count). The number of para-hydroxylation sites is 5. The number of fused-ring (bicyclic) bond motifs is 10. The minimum absolute atomic E-state index is 0.891. The fourth-order valence-electron chi connectivity index (χ4n) is 7.43. The number of hydrogen-bond acceptors (Lipinski definition) is 1. The van der Waals surface area contributed by atoms with E-state index in [0.717, 1.165) is 39.4 Å². The van der Waals surface area contributed by atoms with Crippen LogP contribution in [0.1, 0.15) is 0 Å². The molecule has 0 aliphatic heterocycles. The van der Waals surface area contributed by atoms with Gasteiger partial charge in [0.15, 0.2) is 0 Å². The monoisotopic (exact) mass is 574 g/mol. The Kier molecular flexibility index (Phi) is 4.96. The standard InChI is InChI=1S/C41H26N4/c1-2-13-27(14-3-1)43-33-19-8-6-17-30(33)31-25-26-37-40(41(31)43)32-18-7-11-22-36(32)45(37)39-24-12-23-38(42-39)44-34-20-9-4-15-28(34)29-16-5-10-21-35(29)44/h1-26H. The van der Waals surface area contributed by atoms with Gasteiger partial charge in [-0.05, 0) is 54.6 Å². The normalized spacial score (nSPS) is 12.0. The van der Waals surface area contributed by atoms with E-state index in [0.29, 0.717) is 0 Å². The summed E-state index contributed by atoms with van der Waals surface area (Å²) in [5.41, 5.74) is 8.15. The molecule has 6 aromatic carbocycles. The van der Waals surface area contributed by atoms with Crippen LogP contribution in [0.3, 0.4) is 0 Å².